The molecule has 2 aromatic rings. The summed E-state index contributed by atoms with van der Waals surface area (Å²) in [5.74, 6) is -0.0995. The summed E-state index contributed by atoms with van der Waals surface area (Å²) >= 11 is 3.02. The van der Waals surface area contributed by atoms with Gasteiger partial charge in [-0.05, 0) is 39.7 Å². The second-order valence-electron chi connectivity index (χ2n) is 4.23. The van der Waals surface area contributed by atoms with E-state index in [0.29, 0.717) is 11.0 Å². The number of hydrogen-bond acceptors (Lipinski definition) is 3. The molecule has 2 rings (SSSR count). The van der Waals surface area contributed by atoms with Gasteiger partial charge >= 0.3 is 6.18 Å². The lowest BCUT2D eigenvalue weighted by Gasteiger charge is -2.22. The molecule has 0 saturated carbocycles. The number of anilines is 1. The molecule has 0 fully saturated rings. The lowest BCUT2D eigenvalue weighted by molar-refractivity contribution is -0.137. The van der Waals surface area contributed by atoms with Gasteiger partial charge in [-0.1, -0.05) is 0 Å². The van der Waals surface area contributed by atoms with Crippen molar-refractivity contribution in [2.75, 3.05) is 11.9 Å². The predicted octanol–water partition coefficient (Wildman–Crippen LogP) is 3.89. The second-order valence-corrected chi connectivity index (χ2v) is 5.15. The molecule has 0 saturated heterocycles. The molecule has 0 aliphatic carbocycles. The normalized spacial score (nSPS) is 11.4. The summed E-state index contributed by atoms with van der Waals surface area (Å²) in [5, 5.41) is 0. The monoisotopic (exact) mass is 345 g/mol. The first-order valence-corrected chi connectivity index (χ1v) is 6.50. The van der Waals surface area contributed by atoms with E-state index in [2.05, 4.69) is 25.9 Å². The molecule has 0 aliphatic heterocycles. The van der Waals surface area contributed by atoms with Crippen LogP contribution < -0.4 is 4.90 Å². The molecule has 2 aromatic heterocycles. The minimum absolute atomic E-state index is 0.0995. The molecule has 0 radical (unpaired) electrons. The highest BCUT2D eigenvalue weighted by atomic mass is 79.9. The van der Waals surface area contributed by atoms with Crippen LogP contribution in [0.15, 0.2) is 41.3 Å². The maximum absolute atomic E-state index is 13.0. The van der Waals surface area contributed by atoms with E-state index in [1.165, 1.54) is 11.1 Å². The van der Waals surface area contributed by atoms with Crippen molar-refractivity contribution in [2.45, 2.75) is 12.7 Å². The zero-order valence-electron chi connectivity index (χ0n) is 10.5. The van der Waals surface area contributed by atoms with Crippen molar-refractivity contribution in [1.29, 1.82) is 0 Å². The van der Waals surface area contributed by atoms with E-state index in [4.69, 9.17) is 0 Å². The van der Waals surface area contributed by atoms with Crippen LogP contribution in [0.1, 0.15) is 11.1 Å². The summed E-state index contributed by atoms with van der Waals surface area (Å²) < 4.78 is 39.4. The van der Waals surface area contributed by atoms with Gasteiger partial charge in [-0.3, -0.25) is 4.98 Å². The fraction of sp³-hybridized carbons (Fsp3) is 0.231. The predicted molar refractivity (Wildman–Crippen MR) is 73.3 cm³/mol. The van der Waals surface area contributed by atoms with Gasteiger partial charge in [0.05, 0.1) is 5.56 Å². The number of alkyl halides is 3. The van der Waals surface area contributed by atoms with Gasteiger partial charge < -0.3 is 4.90 Å². The van der Waals surface area contributed by atoms with E-state index < -0.39 is 11.7 Å². The third-order valence-corrected chi connectivity index (χ3v) is 3.10. The van der Waals surface area contributed by atoms with E-state index in [9.17, 15) is 13.2 Å². The van der Waals surface area contributed by atoms with Gasteiger partial charge in [-0.2, -0.15) is 13.2 Å². The summed E-state index contributed by atoms with van der Waals surface area (Å²) in [5.41, 5.74) is 0.101. The van der Waals surface area contributed by atoms with Crippen LogP contribution >= 0.6 is 15.9 Å². The Kier molecular flexibility index (Phi) is 4.27. The summed E-state index contributed by atoms with van der Waals surface area (Å²) in [6.45, 7) is 0.320. The van der Waals surface area contributed by atoms with Crippen molar-refractivity contribution in [3.8, 4) is 0 Å². The molecule has 0 bridgehead atoms. The molecule has 0 N–H and O–H groups in total. The average Bonchev–Trinajstić information content (AvgIpc) is 2.38. The van der Waals surface area contributed by atoms with Gasteiger partial charge in [0.2, 0.25) is 0 Å². The number of hydrogen-bond donors (Lipinski definition) is 0. The maximum Gasteiger partial charge on any atom is 0.419 e. The number of nitrogens with zero attached hydrogens (tertiary/aromatic N) is 3. The number of halogens is 4. The molecule has 0 unspecified atom stereocenters. The molecule has 0 aromatic carbocycles. The highest BCUT2D eigenvalue weighted by Crippen LogP contribution is 2.36. The third kappa shape index (κ3) is 3.47. The lowest BCUT2D eigenvalue weighted by Crippen LogP contribution is -2.22. The largest absolute Gasteiger partial charge is 0.419 e. The highest BCUT2D eigenvalue weighted by molar-refractivity contribution is 9.10. The van der Waals surface area contributed by atoms with Gasteiger partial charge in [-0.15, -0.1) is 0 Å². The Balaban J connectivity index is 2.32. The molecule has 20 heavy (non-hydrogen) atoms. The minimum atomic E-state index is -4.45. The van der Waals surface area contributed by atoms with Crippen LogP contribution in [0.4, 0.5) is 19.0 Å². The van der Waals surface area contributed by atoms with Gasteiger partial charge in [0.15, 0.2) is 0 Å². The Labute approximate surface area is 122 Å². The topological polar surface area (TPSA) is 29.0 Å². The number of rotatable bonds is 3. The fourth-order valence-corrected chi connectivity index (χ4v) is 2.11. The molecule has 0 aliphatic rings. The van der Waals surface area contributed by atoms with E-state index in [-0.39, 0.29) is 5.82 Å². The Bertz CT molecular complexity index is 587. The zero-order valence-corrected chi connectivity index (χ0v) is 12.1. The Hall–Kier alpha value is -1.63. The van der Waals surface area contributed by atoms with Crippen LogP contribution in [0.25, 0.3) is 0 Å². The zero-order chi connectivity index (χ0) is 14.8. The van der Waals surface area contributed by atoms with Crippen molar-refractivity contribution in [3.05, 3.63) is 52.4 Å². The van der Waals surface area contributed by atoms with Crippen LogP contribution in [0.2, 0.25) is 0 Å². The molecule has 2 heterocycles. The van der Waals surface area contributed by atoms with E-state index in [1.54, 1.807) is 31.6 Å². The first kappa shape index (κ1) is 14.8. The number of pyridine rings is 2. The standard InChI is InChI=1S/C13H11BrF3N3/c1-20(8-9-2-4-18-5-3-9)12-11(13(15,16)17)6-10(14)7-19-12/h2-7H,8H2,1H3. The summed E-state index contributed by atoms with van der Waals surface area (Å²) in [7, 11) is 1.58. The van der Waals surface area contributed by atoms with Gasteiger partial charge in [0, 0.05) is 36.7 Å². The average molecular weight is 346 g/mol. The van der Waals surface area contributed by atoms with Crippen LogP contribution in [0.5, 0.6) is 0 Å². The molecule has 7 heteroatoms. The molecule has 0 amide bonds. The van der Waals surface area contributed by atoms with Crippen molar-refractivity contribution < 1.29 is 13.2 Å². The minimum Gasteiger partial charge on any atom is -0.355 e. The Morgan fingerprint density at radius 3 is 2.50 bits per heavy atom. The summed E-state index contributed by atoms with van der Waals surface area (Å²) in [6.07, 6.45) is 0.109. The summed E-state index contributed by atoms with van der Waals surface area (Å²) in [6, 6.07) is 4.54. The van der Waals surface area contributed by atoms with Crippen LogP contribution in [-0.4, -0.2) is 17.0 Å². The van der Waals surface area contributed by atoms with E-state index in [0.717, 1.165) is 11.6 Å². The van der Waals surface area contributed by atoms with Crippen molar-refractivity contribution in [3.63, 3.8) is 0 Å². The molecule has 3 nitrogen and oxygen atoms in total. The lowest BCUT2D eigenvalue weighted by atomic mass is 10.2. The highest BCUT2D eigenvalue weighted by Gasteiger charge is 2.35. The molecular formula is C13H11BrF3N3. The van der Waals surface area contributed by atoms with Crippen molar-refractivity contribution in [2.24, 2.45) is 0 Å². The van der Waals surface area contributed by atoms with Crippen molar-refractivity contribution in [1.82, 2.24) is 9.97 Å². The third-order valence-electron chi connectivity index (χ3n) is 2.67. The van der Waals surface area contributed by atoms with Gasteiger partial charge in [-0.25, -0.2) is 4.98 Å². The smallest absolute Gasteiger partial charge is 0.355 e. The fourth-order valence-electron chi connectivity index (χ4n) is 1.78. The molecule has 106 valence electrons. The maximum atomic E-state index is 13.0. The van der Waals surface area contributed by atoms with Crippen LogP contribution in [0.3, 0.4) is 0 Å². The van der Waals surface area contributed by atoms with E-state index >= 15 is 0 Å². The Morgan fingerprint density at radius 1 is 1.25 bits per heavy atom. The first-order valence-electron chi connectivity index (χ1n) is 5.70. The van der Waals surface area contributed by atoms with Crippen molar-refractivity contribution >= 4 is 21.7 Å². The first-order chi connectivity index (χ1) is 9.38. The second kappa shape index (κ2) is 5.78. The Morgan fingerprint density at radius 2 is 1.90 bits per heavy atom. The van der Waals surface area contributed by atoms with Crippen LogP contribution in [0, 0.1) is 0 Å². The van der Waals surface area contributed by atoms with Gasteiger partial charge in [0.25, 0.3) is 0 Å². The van der Waals surface area contributed by atoms with Gasteiger partial charge in [0.1, 0.15) is 5.82 Å². The molecule has 0 spiro atoms. The molecular weight excluding hydrogens is 335 g/mol. The van der Waals surface area contributed by atoms with Crippen LogP contribution in [-0.2, 0) is 12.7 Å². The molecule has 0 atom stereocenters. The SMILES string of the molecule is CN(Cc1ccncc1)c1ncc(Br)cc1C(F)(F)F. The number of aromatic nitrogens is 2. The van der Waals surface area contributed by atoms with E-state index in [1.807, 2.05) is 0 Å². The summed E-state index contributed by atoms with van der Waals surface area (Å²) in [4.78, 5) is 9.22. The quantitative estimate of drug-likeness (QED) is 0.844.